The molecule has 1 amide bonds. The lowest BCUT2D eigenvalue weighted by Gasteiger charge is -2.16. The van der Waals surface area contributed by atoms with Gasteiger partial charge in [0.15, 0.2) is 0 Å². The van der Waals surface area contributed by atoms with Gasteiger partial charge in [-0.05, 0) is 42.7 Å². The van der Waals surface area contributed by atoms with Crippen molar-refractivity contribution in [3.8, 4) is 11.5 Å². The fraction of sp³-hybridized carbons (Fsp3) is 0.316. The Labute approximate surface area is 151 Å². The smallest absolute Gasteiger partial charge is 0.220 e. The van der Waals surface area contributed by atoms with Gasteiger partial charge < -0.3 is 14.8 Å². The number of nitrogens with one attached hydrogen (secondary N) is 1. The quantitative estimate of drug-likeness (QED) is 0.765. The van der Waals surface area contributed by atoms with Crippen LogP contribution >= 0.6 is 15.9 Å². The zero-order valence-electron chi connectivity index (χ0n) is 14.1. The number of hydrogen-bond acceptors (Lipinski definition) is 3. The van der Waals surface area contributed by atoms with E-state index in [4.69, 9.17) is 9.47 Å². The zero-order chi connectivity index (χ0) is 17.5. The van der Waals surface area contributed by atoms with E-state index in [0.717, 1.165) is 27.1 Å². The maximum absolute atomic E-state index is 12.2. The van der Waals surface area contributed by atoms with Crippen LogP contribution in [0.15, 0.2) is 46.9 Å². The molecule has 1 unspecified atom stereocenters. The normalized spacial score (nSPS) is 11.7. The van der Waals surface area contributed by atoms with Gasteiger partial charge in [-0.1, -0.05) is 34.1 Å². The van der Waals surface area contributed by atoms with E-state index in [1.807, 2.05) is 49.4 Å². The number of ether oxygens (including phenoxy) is 2. The number of benzene rings is 2. The number of rotatable bonds is 7. The molecule has 2 aromatic carbocycles. The van der Waals surface area contributed by atoms with Crippen LogP contribution in [0, 0.1) is 0 Å². The lowest BCUT2D eigenvalue weighted by Crippen LogP contribution is -2.27. The second-order valence-corrected chi connectivity index (χ2v) is 6.39. The van der Waals surface area contributed by atoms with Crippen molar-refractivity contribution < 1.29 is 14.3 Å². The molecule has 0 heterocycles. The molecular formula is C19H22BrNO3. The van der Waals surface area contributed by atoms with E-state index in [2.05, 4.69) is 21.2 Å². The van der Waals surface area contributed by atoms with Crippen molar-refractivity contribution in [2.24, 2.45) is 0 Å². The van der Waals surface area contributed by atoms with Crippen LogP contribution in [0.1, 0.15) is 30.5 Å². The van der Waals surface area contributed by atoms with Gasteiger partial charge in [-0.15, -0.1) is 0 Å². The highest BCUT2D eigenvalue weighted by molar-refractivity contribution is 9.10. The van der Waals surface area contributed by atoms with Crippen molar-refractivity contribution in [1.82, 2.24) is 5.32 Å². The van der Waals surface area contributed by atoms with Crippen molar-refractivity contribution in [2.45, 2.75) is 25.8 Å². The SMILES string of the molecule is COc1cc(CCC(=O)NC(C)c2ccccc2Br)cc(OC)c1. The summed E-state index contributed by atoms with van der Waals surface area (Å²) in [5.41, 5.74) is 2.07. The minimum absolute atomic E-state index is 0.0139. The van der Waals surface area contributed by atoms with Crippen molar-refractivity contribution in [1.29, 1.82) is 0 Å². The molecule has 0 saturated carbocycles. The number of methoxy groups -OCH3 is 2. The number of halogens is 1. The van der Waals surface area contributed by atoms with Gasteiger partial charge in [0.25, 0.3) is 0 Å². The monoisotopic (exact) mass is 391 g/mol. The molecule has 2 rings (SSSR count). The summed E-state index contributed by atoms with van der Waals surface area (Å²) in [6, 6.07) is 13.5. The molecule has 0 radical (unpaired) electrons. The molecule has 0 spiro atoms. The number of hydrogen-bond donors (Lipinski definition) is 1. The highest BCUT2D eigenvalue weighted by Gasteiger charge is 2.12. The van der Waals surface area contributed by atoms with Gasteiger partial charge in [-0.25, -0.2) is 0 Å². The molecule has 0 aliphatic heterocycles. The van der Waals surface area contributed by atoms with Crippen LogP contribution in [0.25, 0.3) is 0 Å². The predicted octanol–water partition coefficient (Wildman–Crippen LogP) is 4.28. The second kappa shape index (κ2) is 8.73. The van der Waals surface area contributed by atoms with Crippen LogP contribution in [-0.2, 0) is 11.2 Å². The minimum Gasteiger partial charge on any atom is -0.497 e. The van der Waals surface area contributed by atoms with Gasteiger partial charge in [-0.2, -0.15) is 0 Å². The van der Waals surface area contributed by atoms with Gasteiger partial charge in [0.05, 0.1) is 20.3 Å². The van der Waals surface area contributed by atoms with Crippen LogP contribution in [0.5, 0.6) is 11.5 Å². The van der Waals surface area contributed by atoms with Crippen LogP contribution < -0.4 is 14.8 Å². The van der Waals surface area contributed by atoms with Gasteiger partial charge >= 0.3 is 0 Å². The van der Waals surface area contributed by atoms with E-state index in [1.54, 1.807) is 14.2 Å². The number of carbonyl (C=O) groups excluding carboxylic acids is 1. The highest BCUT2D eigenvalue weighted by atomic mass is 79.9. The topological polar surface area (TPSA) is 47.6 Å². The maximum atomic E-state index is 12.2. The first-order valence-corrected chi connectivity index (χ1v) is 8.58. The molecule has 24 heavy (non-hydrogen) atoms. The fourth-order valence-electron chi connectivity index (χ4n) is 2.49. The number of amides is 1. The Morgan fingerprint density at radius 1 is 1.12 bits per heavy atom. The molecule has 0 bridgehead atoms. The summed E-state index contributed by atoms with van der Waals surface area (Å²) in [4.78, 5) is 12.2. The molecule has 1 N–H and O–H groups in total. The third-order valence-corrected chi connectivity index (χ3v) is 4.52. The molecule has 5 heteroatoms. The summed E-state index contributed by atoms with van der Waals surface area (Å²) in [6.45, 7) is 1.98. The summed E-state index contributed by atoms with van der Waals surface area (Å²) < 4.78 is 11.5. The largest absolute Gasteiger partial charge is 0.497 e. The number of carbonyl (C=O) groups is 1. The Morgan fingerprint density at radius 2 is 1.75 bits per heavy atom. The van der Waals surface area contributed by atoms with Gasteiger partial charge in [0, 0.05) is 17.0 Å². The Kier molecular flexibility index (Phi) is 6.67. The Morgan fingerprint density at radius 3 is 2.33 bits per heavy atom. The first-order chi connectivity index (χ1) is 11.5. The van der Waals surface area contributed by atoms with Crippen LogP contribution in [-0.4, -0.2) is 20.1 Å². The van der Waals surface area contributed by atoms with E-state index in [-0.39, 0.29) is 11.9 Å². The van der Waals surface area contributed by atoms with E-state index < -0.39 is 0 Å². The van der Waals surface area contributed by atoms with Crippen molar-refractivity contribution in [2.75, 3.05) is 14.2 Å². The van der Waals surface area contributed by atoms with E-state index in [9.17, 15) is 4.79 Å². The molecule has 0 saturated heterocycles. The summed E-state index contributed by atoms with van der Waals surface area (Å²) in [6.07, 6.45) is 1.03. The first kappa shape index (κ1) is 18.3. The fourth-order valence-corrected chi connectivity index (χ4v) is 3.11. The lowest BCUT2D eigenvalue weighted by atomic mass is 10.1. The highest BCUT2D eigenvalue weighted by Crippen LogP contribution is 2.24. The van der Waals surface area contributed by atoms with Gasteiger partial charge in [0.1, 0.15) is 11.5 Å². The van der Waals surface area contributed by atoms with Crippen LogP contribution in [0.3, 0.4) is 0 Å². The molecule has 0 aliphatic rings. The van der Waals surface area contributed by atoms with E-state index in [0.29, 0.717) is 12.8 Å². The summed E-state index contributed by atoms with van der Waals surface area (Å²) in [7, 11) is 3.23. The Balaban J connectivity index is 1.95. The van der Waals surface area contributed by atoms with Crippen LogP contribution in [0.4, 0.5) is 0 Å². The molecule has 0 aromatic heterocycles. The Bertz CT molecular complexity index is 681. The van der Waals surface area contributed by atoms with Crippen molar-refractivity contribution in [3.05, 3.63) is 58.1 Å². The average molecular weight is 392 g/mol. The molecule has 2 aromatic rings. The summed E-state index contributed by atoms with van der Waals surface area (Å²) in [5.74, 6) is 1.47. The van der Waals surface area contributed by atoms with Crippen molar-refractivity contribution in [3.63, 3.8) is 0 Å². The first-order valence-electron chi connectivity index (χ1n) is 7.79. The third kappa shape index (κ3) is 4.99. The maximum Gasteiger partial charge on any atom is 0.220 e. The van der Waals surface area contributed by atoms with E-state index >= 15 is 0 Å². The second-order valence-electron chi connectivity index (χ2n) is 5.53. The lowest BCUT2D eigenvalue weighted by molar-refractivity contribution is -0.121. The standard InChI is InChI=1S/C19H22BrNO3/c1-13(17-6-4-5-7-18(17)20)21-19(22)9-8-14-10-15(23-2)12-16(11-14)24-3/h4-7,10-13H,8-9H2,1-3H3,(H,21,22). The number of aryl methyl sites for hydroxylation is 1. The average Bonchev–Trinajstić information content (AvgIpc) is 2.59. The van der Waals surface area contributed by atoms with Crippen molar-refractivity contribution >= 4 is 21.8 Å². The van der Waals surface area contributed by atoms with Crippen LogP contribution in [0.2, 0.25) is 0 Å². The summed E-state index contributed by atoms with van der Waals surface area (Å²) in [5, 5.41) is 3.03. The molecule has 0 fully saturated rings. The molecular weight excluding hydrogens is 370 g/mol. The minimum atomic E-state index is -0.0482. The molecule has 1 atom stereocenters. The van der Waals surface area contributed by atoms with Gasteiger partial charge in [0.2, 0.25) is 5.91 Å². The van der Waals surface area contributed by atoms with Gasteiger partial charge in [-0.3, -0.25) is 4.79 Å². The molecule has 0 aliphatic carbocycles. The molecule has 128 valence electrons. The van der Waals surface area contributed by atoms with E-state index in [1.165, 1.54) is 0 Å². The summed E-state index contributed by atoms with van der Waals surface area (Å²) >= 11 is 3.52. The predicted molar refractivity (Wildman–Crippen MR) is 98.6 cm³/mol. The third-order valence-electron chi connectivity index (χ3n) is 3.80. The Hall–Kier alpha value is -2.01. The molecule has 4 nitrogen and oxygen atoms in total. The zero-order valence-corrected chi connectivity index (χ0v) is 15.7.